The van der Waals surface area contributed by atoms with Crippen molar-refractivity contribution in [3.8, 4) is 5.75 Å². The summed E-state index contributed by atoms with van der Waals surface area (Å²) >= 11 is 0. The quantitative estimate of drug-likeness (QED) is 0.213. The number of hydrogen-bond donors (Lipinski definition) is 1. The first-order valence-electron chi connectivity index (χ1n) is 12.5. The largest absolute Gasteiger partial charge is 0.508 e. The molecule has 0 fully saturated rings. The molecular weight excluding hydrogens is 380 g/mol. The zero-order chi connectivity index (χ0) is 22.3. The fraction of sp³-hybridized carbons (Fsp3) is 0.643. The van der Waals surface area contributed by atoms with Crippen molar-refractivity contribution >= 4 is 8.07 Å². The molecule has 0 aliphatic heterocycles. The van der Waals surface area contributed by atoms with Crippen LogP contribution in [0.1, 0.15) is 96.3 Å². The molecule has 0 spiro atoms. The van der Waals surface area contributed by atoms with Gasteiger partial charge in [-0.25, -0.2) is 0 Å². The molecule has 0 bridgehead atoms. The molecule has 1 aromatic carbocycles. The van der Waals surface area contributed by atoms with Gasteiger partial charge < -0.3 is 5.11 Å². The van der Waals surface area contributed by atoms with Gasteiger partial charge in [0.05, 0.1) is 8.07 Å². The van der Waals surface area contributed by atoms with Crippen molar-refractivity contribution in [2.45, 2.75) is 110 Å². The normalized spacial score (nSPS) is 19.6. The first-order chi connectivity index (χ1) is 14.3. The Balaban J connectivity index is 2.59. The van der Waals surface area contributed by atoms with Crippen molar-refractivity contribution in [1.29, 1.82) is 0 Å². The smallest absolute Gasteiger partial charge is 0.119 e. The maximum absolute atomic E-state index is 11.3. The van der Waals surface area contributed by atoms with E-state index in [0.717, 1.165) is 19.3 Å². The zero-order valence-corrected chi connectivity index (χ0v) is 21.6. The Labute approximate surface area is 187 Å². The summed E-state index contributed by atoms with van der Waals surface area (Å²) in [6.07, 6.45) is 9.53. The summed E-state index contributed by atoms with van der Waals surface area (Å²) in [5.41, 5.74) is 6.70. The van der Waals surface area contributed by atoms with E-state index in [1.165, 1.54) is 71.3 Å². The van der Waals surface area contributed by atoms with E-state index >= 15 is 0 Å². The van der Waals surface area contributed by atoms with E-state index in [4.69, 9.17) is 0 Å². The zero-order valence-electron chi connectivity index (χ0n) is 20.6. The highest BCUT2D eigenvalue weighted by atomic mass is 28.3. The number of rotatable bonds is 11. The predicted octanol–water partition coefficient (Wildman–Crippen LogP) is 8.73. The molecule has 168 valence electrons. The van der Waals surface area contributed by atoms with E-state index < -0.39 is 8.07 Å². The van der Waals surface area contributed by atoms with Crippen LogP contribution < -0.4 is 0 Å². The summed E-state index contributed by atoms with van der Waals surface area (Å²) in [6.45, 7) is 18.2. The van der Waals surface area contributed by atoms with Gasteiger partial charge in [0.2, 0.25) is 0 Å². The topological polar surface area (TPSA) is 20.2 Å². The summed E-state index contributed by atoms with van der Waals surface area (Å²) in [7, 11) is -1.36. The van der Waals surface area contributed by atoms with Crippen molar-refractivity contribution in [3.05, 3.63) is 52.6 Å². The molecule has 0 heterocycles. The Bertz CT molecular complexity index is 733. The molecule has 0 amide bonds. The summed E-state index contributed by atoms with van der Waals surface area (Å²) in [5, 5.41) is 11.3. The van der Waals surface area contributed by atoms with E-state index in [1.54, 1.807) is 0 Å². The van der Waals surface area contributed by atoms with Gasteiger partial charge in [0.15, 0.2) is 0 Å². The van der Waals surface area contributed by atoms with E-state index in [0.29, 0.717) is 11.7 Å². The lowest BCUT2D eigenvalue weighted by Gasteiger charge is -2.35. The molecule has 1 aromatic rings. The van der Waals surface area contributed by atoms with Gasteiger partial charge in [0.1, 0.15) is 5.75 Å². The number of hydrogen-bond acceptors (Lipinski definition) is 1. The van der Waals surface area contributed by atoms with E-state index in [-0.39, 0.29) is 5.92 Å². The summed E-state index contributed by atoms with van der Waals surface area (Å²) < 4.78 is 0. The number of aromatic hydroxyl groups is 1. The van der Waals surface area contributed by atoms with Gasteiger partial charge in [0, 0.05) is 11.5 Å². The maximum Gasteiger partial charge on any atom is 0.119 e. The minimum atomic E-state index is -1.36. The highest BCUT2D eigenvalue weighted by molar-refractivity contribution is 6.79. The van der Waals surface area contributed by atoms with Crippen LogP contribution in [0, 0.1) is 5.92 Å². The standard InChI is InChI=1S/C28H46OSi/c1-8-12-13-14-23-18-24(20-30(9-2,10-3)11-4)28(27(29)19-23)26-17-22(7)15-16-25(26)21(5)6/h17-19,25-26,29H,5,8-16,20H2,1-4,6-7H3/t25-,26+/m0/s1. The molecule has 0 unspecified atom stereocenters. The average molecular weight is 427 g/mol. The third kappa shape index (κ3) is 5.90. The Morgan fingerprint density at radius 3 is 2.33 bits per heavy atom. The van der Waals surface area contributed by atoms with Crippen LogP contribution in [0.25, 0.3) is 0 Å². The van der Waals surface area contributed by atoms with Gasteiger partial charge in [-0.2, -0.15) is 0 Å². The number of phenolic OH excluding ortho intramolecular Hbond substituents is 1. The number of unbranched alkanes of at least 4 members (excludes halogenated alkanes) is 2. The molecule has 2 rings (SSSR count). The molecule has 30 heavy (non-hydrogen) atoms. The third-order valence-corrected chi connectivity index (χ3v) is 13.5. The van der Waals surface area contributed by atoms with Crippen molar-refractivity contribution in [2.75, 3.05) is 0 Å². The number of benzene rings is 1. The van der Waals surface area contributed by atoms with Crippen LogP contribution in [-0.2, 0) is 12.5 Å². The lowest BCUT2D eigenvalue weighted by molar-refractivity contribution is 0.434. The first kappa shape index (κ1) is 25.0. The monoisotopic (exact) mass is 426 g/mol. The lowest BCUT2D eigenvalue weighted by Crippen LogP contribution is -2.35. The Morgan fingerprint density at radius 1 is 1.10 bits per heavy atom. The van der Waals surface area contributed by atoms with Crippen LogP contribution in [0.3, 0.4) is 0 Å². The molecule has 0 saturated heterocycles. The fourth-order valence-electron chi connectivity index (χ4n) is 5.45. The highest BCUT2D eigenvalue weighted by Crippen LogP contribution is 2.45. The third-order valence-electron chi connectivity index (χ3n) is 7.90. The molecule has 0 saturated carbocycles. The molecule has 1 aliphatic rings. The molecule has 1 nitrogen and oxygen atoms in total. The van der Waals surface area contributed by atoms with E-state index in [1.807, 2.05) is 0 Å². The summed E-state index contributed by atoms with van der Waals surface area (Å²) in [4.78, 5) is 0. The second-order valence-electron chi connectivity index (χ2n) is 9.91. The summed E-state index contributed by atoms with van der Waals surface area (Å²) in [6, 6.07) is 9.72. The van der Waals surface area contributed by atoms with E-state index in [2.05, 4.69) is 66.3 Å². The lowest BCUT2D eigenvalue weighted by atomic mass is 9.73. The van der Waals surface area contributed by atoms with Crippen LogP contribution in [-0.4, -0.2) is 13.2 Å². The van der Waals surface area contributed by atoms with E-state index in [9.17, 15) is 5.11 Å². The number of allylic oxidation sites excluding steroid dienone is 3. The van der Waals surface area contributed by atoms with Gasteiger partial charge in [-0.15, -0.1) is 0 Å². The fourth-order valence-corrected chi connectivity index (χ4v) is 8.80. The van der Waals surface area contributed by atoms with Gasteiger partial charge in [-0.3, -0.25) is 0 Å². The van der Waals surface area contributed by atoms with Crippen molar-refractivity contribution in [2.24, 2.45) is 5.92 Å². The molecule has 0 radical (unpaired) electrons. The van der Waals surface area contributed by atoms with Crippen LogP contribution in [0.5, 0.6) is 5.75 Å². The van der Waals surface area contributed by atoms with Crippen LogP contribution in [0.2, 0.25) is 18.1 Å². The highest BCUT2D eigenvalue weighted by Gasteiger charge is 2.33. The summed E-state index contributed by atoms with van der Waals surface area (Å²) in [5.74, 6) is 1.24. The Morgan fingerprint density at radius 2 is 1.77 bits per heavy atom. The van der Waals surface area contributed by atoms with Crippen molar-refractivity contribution in [1.82, 2.24) is 0 Å². The molecule has 1 N–H and O–H groups in total. The Hall–Kier alpha value is -1.28. The second-order valence-corrected chi connectivity index (χ2v) is 15.4. The number of phenols is 1. The molecule has 2 heteroatoms. The molecule has 0 aromatic heterocycles. The Kier molecular flexibility index (Phi) is 9.47. The van der Waals surface area contributed by atoms with Crippen LogP contribution in [0.15, 0.2) is 35.9 Å². The second kappa shape index (κ2) is 11.4. The number of aryl methyl sites for hydroxylation is 1. The minimum absolute atomic E-state index is 0.271. The SMILES string of the molecule is C=C(C)[C@@H]1CCC(C)=C[C@H]1c1c(O)cc(CCCCC)cc1C[Si](CC)(CC)CC. The van der Waals surface area contributed by atoms with Crippen LogP contribution in [0.4, 0.5) is 0 Å². The predicted molar refractivity (Wildman–Crippen MR) is 136 cm³/mol. The molecular formula is C28H46OSi. The van der Waals surface area contributed by atoms with Crippen molar-refractivity contribution in [3.63, 3.8) is 0 Å². The van der Waals surface area contributed by atoms with Crippen LogP contribution >= 0.6 is 0 Å². The van der Waals surface area contributed by atoms with Gasteiger partial charge in [0.25, 0.3) is 0 Å². The van der Waals surface area contributed by atoms with Gasteiger partial charge >= 0.3 is 0 Å². The minimum Gasteiger partial charge on any atom is -0.508 e. The average Bonchev–Trinajstić information content (AvgIpc) is 2.72. The maximum atomic E-state index is 11.3. The first-order valence-corrected chi connectivity index (χ1v) is 15.3. The molecule has 2 atom stereocenters. The molecule has 1 aliphatic carbocycles. The van der Waals surface area contributed by atoms with Crippen molar-refractivity contribution < 1.29 is 5.11 Å². The van der Waals surface area contributed by atoms with Gasteiger partial charge in [-0.05, 0) is 68.7 Å². The van der Waals surface area contributed by atoms with Gasteiger partial charge in [-0.1, -0.05) is 88.5 Å².